The monoisotopic (exact) mass is 192 g/mol. The van der Waals surface area contributed by atoms with Gasteiger partial charge in [-0.15, -0.1) is 5.10 Å². The van der Waals surface area contributed by atoms with E-state index in [4.69, 9.17) is 0 Å². The SMILES string of the molecule is CC(C)n1cc(Cc2cn[nH]n2)nn1. The first-order valence-electron chi connectivity index (χ1n) is 4.51. The van der Waals surface area contributed by atoms with Crippen LogP contribution in [0.2, 0.25) is 0 Å². The average Bonchev–Trinajstić information content (AvgIpc) is 2.75. The molecule has 0 fully saturated rings. The Balaban J connectivity index is 2.11. The molecular formula is C8H12N6. The molecule has 2 aromatic rings. The van der Waals surface area contributed by atoms with Crippen LogP contribution >= 0.6 is 0 Å². The Bertz CT molecular complexity index is 388. The molecule has 0 atom stereocenters. The van der Waals surface area contributed by atoms with E-state index in [0.717, 1.165) is 11.4 Å². The van der Waals surface area contributed by atoms with Gasteiger partial charge in [0.1, 0.15) is 0 Å². The summed E-state index contributed by atoms with van der Waals surface area (Å²) >= 11 is 0. The Morgan fingerprint density at radius 2 is 2.29 bits per heavy atom. The number of aromatic nitrogens is 6. The summed E-state index contributed by atoms with van der Waals surface area (Å²) in [6, 6.07) is 0.341. The van der Waals surface area contributed by atoms with Gasteiger partial charge in [-0.1, -0.05) is 5.21 Å². The first-order valence-corrected chi connectivity index (χ1v) is 4.51. The van der Waals surface area contributed by atoms with E-state index < -0.39 is 0 Å². The lowest BCUT2D eigenvalue weighted by molar-refractivity contribution is 0.514. The van der Waals surface area contributed by atoms with Gasteiger partial charge >= 0.3 is 0 Å². The number of nitrogens with zero attached hydrogens (tertiary/aromatic N) is 5. The van der Waals surface area contributed by atoms with Crippen LogP contribution in [0.25, 0.3) is 0 Å². The third-order valence-corrected chi connectivity index (χ3v) is 1.91. The number of hydrogen-bond acceptors (Lipinski definition) is 4. The van der Waals surface area contributed by atoms with Gasteiger partial charge in [0.2, 0.25) is 0 Å². The Hall–Kier alpha value is -1.72. The summed E-state index contributed by atoms with van der Waals surface area (Å²) in [6.45, 7) is 4.13. The van der Waals surface area contributed by atoms with Gasteiger partial charge in [0, 0.05) is 18.7 Å². The molecule has 0 unspecified atom stereocenters. The summed E-state index contributed by atoms with van der Waals surface area (Å²) < 4.78 is 1.83. The zero-order valence-electron chi connectivity index (χ0n) is 8.18. The van der Waals surface area contributed by atoms with Crippen LogP contribution in [0.4, 0.5) is 0 Å². The summed E-state index contributed by atoms with van der Waals surface area (Å²) in [7, 11) is 0. The third-order valence-electron chi connectivity index (χ3n) is 1.91. The summed E-state index contributed by atoms with van der Waals surface area (Å²) in [5, 5.41) is 18.3. The highest BCUT2D eigenvalue weighted by molar-refractivity contribution is 5.06. The largest absolute Gasteiger partial charge is 0.250 e. The quantitative estimate of drug-likeness (QED) is 0.771. The molecule has 0 aliphatic heterocycles. The predicted octanol–water partition coefficient (Wildman–Crippen LogP) is 0.568. The summed E-state index contributed by atoms with van der Waals surface area (Å²) in [5.74, 6) is 0. The van der Waals surface area contributed by atoms with E-state index in [0.29, 0.717) is 12.5 Å². The second kappa shape index (κ2) is 3.57. The van der Waals surface area contributed by atoms with Crippen LogP contribution in [0.3, 0.4) is 0 Å². The van der Waals surface area contributed by atoms with Gasteiger partial charge in [-0.2, -0.15) is 15.4 Å². The van der Waals surface area contributed by atoms with Crippen molar-refractivity contribution in [1.82, 2.24) is 30.4 Å². The van der Waals surface area contributed by atoms with E-state index in [-0.39, 0.29) is 0 Å². The van der Waals surface area contributed by atoms with Crippen molar-refractivity contribution in [3.63, 3.8) is 0 Å². The summed E-state index contributed by atoms with van der Waals surface area (Å²) in [6.07, 6.45) is 4.29. The molecule has 1 N–H and O–H groups in total. The lowest BCUT2D eigenvalue weighted by Gasteiger charge is -2.00. The Kier molecular flexibility index (Phi) is 2.26. The molecule has 0 saturated heterocycles. The first kappa shape index (κ1) is 8.86. The molecule has 2 heterocycles. The van der Waals surface area contributed by atoms with E-state index in [2.05, 4.69) is 39.6 Å². The number of aromatic amines is 1. The molecule has 0 radical (unpaired) electrons. The molecular weight excluding hydrogens is 180 g/mol. The summed E-state index contributed by atoms with van der Waals surface area (Å²) in [5.41, 5.74) is 1.79. The number of hydrogen-bond donors (Lipinski definition) is 1. The lowest BCUT2D eigenvalue weighted by atomic mass is 10.3. The van der Waals surface area contributed by atoms with Gasteiger partial charge in [-0.25, -0.2) is 4.68 Å². The molecule has 0 aliphatic carbocycles. The Morgan fingerprint density at radius 1 is 1.43 bits per heavy atom. The van der Waals surface area contributed by atoms with E-state index >= 15 is 0 Å². The second-order valence-corrected chi connectivity index (χ2v) is 3.42. The van der Waals surface area contributed by atoms with Crippen molar-refractivity contribution in [3.8, 4) is 0 Å². The molecule has 0 saturated carbocycles. The van der Waals surface area contributed by atoms with E-state index in [1.807, 2.05) is 10.9 Å². The maximum atomic E-state index is 4.04. The smallest absolute Gasteiger partial charge is 0.0888 e. The zero-order valence-corrected chi connectivity index (χ0v) is 8.18. The van der Waals surface area contributed by atoms with Crippen molar-refractivity contribution in [2.24, 2.45) is 0 Å². The molecule has 2 rings (SSSR count). The van der Waals surface area contributed by atoms with Gasteiger partial charge in [0.25, 0.3) is 0 Å². The fraction of sp³-hybridized carbons (Fsp3) is 0.500. The summed E-state index contributed by atoms with van der Waals surface area (Å²) in [4.78, 5) is 0. The van der Waals surface area contributed by atoms with Crippen LogP contribution in [-0.4, -0.2) is 30.4 Å². The van der Waals surface area contributed by atoms with E-state index in [1.54, 1.807) is 6.20 Å². The van der Waals surface area contributed by atoms with Crippen LogP contribution in [0.15, 0.2) is 12.4 Å². The number of rotatable bonds is 3. The van der Waals surface area contributed by atoms with Gasteiger partial charge in [-0.05, 0) is 13.8 Å². The second-order valence-electron chi connectivity index (χ2n) is 3.42. The fourth-order valence-electron chi connectivity index (χ4n) is 1.14. The molecule has 0 amide bonds. The number of nitrogens with one attached hydrogen (secondary N) is 1. The highest BCUT2D eigenvalue weighted by atomic mass is 15.4. The van der Waals surface area contributed by atoms with Crippen LogP contribution < -0.4 is 0 Å². The maximum Gasteiger partial charge on any atom is 0.0888 e. The molecule has 2 aromatic heterocycles. The van der Waals surface area contributed by atoms with Crippen molar-refractivity contribution in [1.29, 1.82) is 0 Å². The predicted molar refractivity (Wildman–Crippen MR) is 49.6 cm³/mol. The molecule has 6 nitrogen and oxygen atoms in total. The van der Waals surface area contributed by atoms with Gasteiger partial charge in [0.05, 0.1) is 17.6 Å². The van der Waals surface area contributed by atoms with Crippen molar-refractivity contribution in [2.45, 2.75) is 26.3 Å². The highest BCUT2D eigenvalue weighted by Crippen LogP contribution is 2.05. The average molecular weight is 192 g/mol. The molecule has 0 aliphatic rings. The lowest BCUT2D eigenvalue weighted by Crippen LogP contribution is -2.00. The van der Waals surface area contributed by atoms with Crippen molar-refractivity contribution in [2.75, 3.05) is 0 Å². The van der Waals surface area contributed by atoms with Crippen LogP contribution in [-0.2, 0) is 6.42 Å². The van der Waals surface area contributed by atoms with Crippen molar-refractivity contribution < 1.29 is 0 Å². The standard InChI is InChI=1S/C8H12N6/c1-6(2)14-5-8(11-13-14)3-7-4-9-12-10-7/h4-6H,3H2,1-2H3,(H,9,10,12). The van der Waals surface area contributed by atoms with Gasteiger partial charge < -0.3 is 0 Å². The Morgan fingerprint density at radius 3 is 2.86 bits per heavy atom. The molecule has 0 spiro atoms. The minimum atomic E-state index is 0.341. The van der Waals surface area contributed by atoms with Crippen LogP contribution in [0.1, 0.15) is 31.3 Å². The Labute approximate surface area is 81.3 Å². The minimum Gasteiger partial charge on any atom is -0.250 e. The molecule has 0 bridgehead atoms. The van der Waals surface area contributed by atoms with Crippen LogP contribution in [0.5, 0.6) is 0 Å². The zero-order chi connectivity index (χ0) is 9.97. The molecule has 6 heteroatoms. The van der Waals surface area contributed by atoms with Gasteiger partial charge in [0.15, 0.2) is 0 Å². The highest BCUT2D eigenvalue weighted by Gasteiger charge is 2.05. The topological polar surface area (TPSA) is 72.3 Å². The normalized spacial score (nSPS) is 11.1. The third kappa shape index (κ3) is 1.78. The first-order chi connectivity index (χ1) is 6.75. The van der Waals surface area contributed by atoms with Gasteiger partial charge in [-0.3, -0.25) is 0 Å². The fourth-order valence-corrected chi connectivity index (χ4v) is 1.14. The van der Waals surface area contributed by atoms with Crippen molar-refractivity contribution >= 4 is 0 Å². The molecule has 14 heavy (non-hydrogen) atoms. The molecule has 0 aromatic carbocycles. The number of H-pyrrole nitrogens is 1. The maximum absolute atomic E-state index is 4.04. The minimum absolute atomic E-state index is 0.341. The molecule has 74 valence electrons. The van der Waals surface area contributed by atoms with Crippen molar-refractivity contribution in [3.05, 3.63) is 23.8 Å². The van der Waals surface area contributed by atoms with Crippen LogP contribution in [0, 0.1) is 0 Å². The van der Waals surface area contributed by atoms with E-state index in [9.17, 15) is 0 Å². The van der Waals surface area contributed by atoms with E-state index in [1.165, 1.54) is 0 Å².